The fourth-order valence-corrected chi connectivity index (χ4v) is 2.19. The van der Waals surface area contributed by atoms with Gasteiger partial charge in [-0.2, -0.15) is 0 Å². The van der Waals surface area contributed by atoms with Crippen molar-refractivity contribution < 1.29 is 9.53 Å². The van der Waals surface area contributed by atoms with Crippen LogP contribution >= 0.6 is 0 Å². The van der Waals surface area contributed by atoms with Gasteiger partial charge in [-0.05, 0) is 43.2 Å². The minimum Gasteiger partial charge on any atom is -0.491 e. The van der Waals surface area contributed by atoms with Crippen LogP contribution in [0, 0.1) is 0 Å². The quantitative estimate of drug-likeness (QED) is 0.750. The molecule has 2 rings (SSSR count). The van der Waals surface area contributed by atoms with Crippen molar-refractivity contribution >= 4 is 12.0 Å². The van der Waals surface area contributed by atoms with Crippen LogP contribution in [0.2, 0.25) is 0 Å². The number of hydrogen-bond acceptors (Lipinski definition) is 2. The third kappa shape index (κ3) is 5.62. The number of nitrogens with zero attached hydrogens (tertiary/aromatic N) is 1. The summed E-state index contributed by atoms with van der Waals surface area (Å²) in [6.45, 7) is 4.58. The molecule has 0 heterocycles. The molecule has 3 nitrogen and oxygen atoms in total. The highest BCUT2D eigenvalue weighted by molar-refractivity contribution is 5.91. The molecule has 0 aliphatic carbocycles. The van der Waals surface area contributed by atoms with E-state index in [4.69, 9.17) is 4.74 Å². The molecule has 0 radical (unpaired) electrons. The summed E-state index contributed by atoms with van der Waals surface area (Å²) in [6.07, 6.45) is 3.54. The van der Waals surface area contributed by atoms with E-state index in [0.29, 0.717) is 6.54 Å². The molecule has 0 aliphatic heterocycles. The van der Waals surface area contributed by atoms with Crippen LogP contribution < -0.4 is 4.74 Å². The Hall–Kier alpha value is -2.55. The summed E-state index contributed by atoms with van der Waals surface area (Å²) in [5.74, 6) is 0.788. The molecule has 2 aromatic carbocycles. The first-order valence-electron chi connectivity index (χ1n) is 7.78. The minimum absolute atomic E-state index is 0.0240. The van der Waals surface area contributed by atoms with Crippen molar-refractivity contribution in [3.8, 4) is 5.75 Å². The van der Waals surface area contributed by atoms with Gasteiger partial charge in [0.05, 0.1) is 6.10 Å². The predicted molar refractivity (Wildman–Crippen MR) is 94.2 cm³/mol. The van der Waals surface area contributed by atoms with Crippen molar-refractivity contribution in [1.82, 2.24) is 4.90 Å². The number of likely N-dealkylation sites (N-methyl/N-ethyl adjacent to an activating group) is 1. The first-order valence-corrected chi connectivity index (χ1v) is 7.78. The van der Waals surface area contributed by atoms with Gasteiger partial charge < -0.3 is 9.64 Å². The fraction of sp³-hybridized carbons (Fsp3) is 0.250. The number of hydrogen-bond donors (Lipinski definition) is 0. The van der Waals surface area contributed by atoms with Crippen molar-refractivity contribution in [2.45, 2.75) is 26.5 Å². The summed E-state index contributed by atoms with van der Waals surface area (Å²) in [5, 5.41) is 0. The van der Waals surface area contributed by atoms with E-state index < -0.39 is 0 Å². The highest BCUT2D eigenvalue weighted by Crippen LogP contribution is 2.16. The number of benzene rings is 2. The van der Waals surface area contributed by atoms with Gasteiger partial charge in [0.25, 0.3) is 0 Å². The topological polar surface area (TPSA) is 29.5 Å². The summed E-state index contributed by atoms with van der Waals surface area (Å²) < 4.78 is 5.66. The highest BCUT2D eigenvalue weighted by Gasteiger charge is 2.05. The first kappa shape index (κ1) is 16.8. The number of carbonyl (C=O) groups is 1. The molecule has 0 aliphatic rings. The average molecular weight is 309 g/mol. The third-order valence-electron chi connectivity index (χ3n) is 3.29. The van der Waals surface area contributed by atoms with Crippen LogP contribution in [0.25, 0.3) is 6.08 Å². The Kier molecular flexibility index (Phi) is 5.98. The lowest BCUT2D eigenvalue weighted by molar-refractivity contribution is -0.125. The molecule has 0 fully saturated rings. The second kappa shape index (κ2) is 8.18. The number of amides is 1. The van der Waals surface area contributed by atoms with Gasteiger partial charge in [-0.15, -0.1) is 0 Å². The van der Waals surface area contributed by atoms with Crippen molar-refractivity contribution in [3.63, 3.8) is 0 Å². The van der Waals surface area contributed by atoms with Crippen LogP contribution in [0.15, 0.2) is 60.7 Å². The molecule has 0 unspecified atom stereocenters. The molecule has 120 valence electrons. The number of ether oxygens (including phenoxy) is 1. The van der Waals surface area contributed by atoms with E-state index in [1.165, 1.54) is 0 Å². The van der Waals surface area contributed by atoms with E-state index in [-0.39, 0.29) is 12.0 Å². The minimum atomic E-state index is -0.0240. The molecule has 2 aromatic rings. The van der Waals surface area contributed by atoms with Crippen LogP contribution in [0.3, 0.4) is 0 Å². The summed E-state index contributed by atoms with van der Waals surface area (Å²) in [5.41, 5.74) is 2.06. The molecule has 0 saturated heterocycles. The van der Waals surface area contributed by atoms with E-state index in [9.17, 15) is 4.79 Å². The van der Waals surface area contributed by atoms with Crippen LogP contribution in [0.5, 0.6) is 5.75 Å². The Morgan fingerprint density at radius 2 is 1.87 bits per heavy atom. The smallest absolute Gasteiger partial charge is 0.246 e. The van der Waals surface area contributed by atoms with Gasteiger partial charge in [0, 0.05) is 19.7 Å². The highest BCUT2D eigenvalue weighted by atomic mass is 16.5. The zero-order valence-corrected chi connectivity index (χ0v) is 13.9. The second-order valence-electron chi connectivity index (χ2n) is 5.75. The molecular formula is C20H23NO2. The van der Waals surface area contributed by atoms with Crippen molar-refractivity contribution in [2.75, 3.05) is 7.05 Å². The number of carbonyl (C=O) groups excluding carboxylic acids is 1. The summed E-state index contributed by atoms with van der Waals surface area (Å²) in [4.78, 5) is 13.9. The molecule has 3 heteroatoms. The Labute approximate surface area is 138 Å². The van der Waals surface area contributed by atoms with Gasteiger partial charge in [-0.25, -0.2) is 0 Å². The Bertz CT molecular complexity index is 662. The van der Waals surface area contributed by atoms with Crippen molar-refractivity contribution in [2.24, 2.45) is 0 Å². The molecule has 23 heavy (non-hydrogen) atoms. The van der Waals surface area contributed by atoms with Gasteiger partial charge >= 0.3 is 0 Å². The summed E-state index contributed by atoms with van der Waals surface area (Å²) >= 11 is 0. The van der Waals surface area contributed by atoms with Crippen LogP contribution in [-0.4, -0.2) is 24.0 Å². The molecule has 0 N–H and O–H groups in total. The second-order valence-corrected chi connectivity index (χ2v) is 5.75. The lowest BCUT2D eigenvalue weighted by atomic mass is 10.2. The normalized spacial score (nSPS) is 11.0. The van der Waals surface area contributed by atoms with E-state index in [1.807, 2.05) is 74.5 Å². The molecule has 0 aromatic heterocycles. The van der Waals surface area contributed by atoms with Crippen LogP contribution in [0.4, 0.5) is 0 Å². The van der Waals surface area contributed by atoms with Crippen molar-refractivity contribution in [1.29, 1.82) is 0 Å². The SMILES string of the molecule is CC(C)Oc1cccc(/C=C/C(=O)N(C)Cc2ccccc2)c1. The Balaban J connectivity index is 1.97. The van der Waals surface area contributed by atoms with Gasteiger partial charge in [0.15, 0.2) is 0 Å². The maximum atomic E-state index is 12.2. The maximum Gasteiger partial charge on any atom is 0.246 e. The zero-order chi connectivity index (χ0) is 16.7. The fourth-order valence-electron chi connectivity index (χ4n) is 2.19. The summed E-state index contributed by atoms with van der Waals surface area (Å²) in [6, 6.07) is 17.7. The molecule has 0 saturated carbocycles. The predicted octanol–water partition coefficient (Wildman–Crippen LogP) is 4.15. The lowest BCUT2D eigenvalue weighted by Crippen LogP contribution is -2.24. The lowest BCUT2D eigenvalue weighted by Gasteiger charge is -2.15. The Morgan fingerprint density at radius 1 is 1.13 bits per heavy atom. The van der Waals surface area contributed by atoms with Gasteiger partial charge in [0.1, 0.15) is 5.75 Å². The zero-order valence-electron chi connectivity index (χ0n) is 13.9. The van der Waals surface area contributed by atoms with Gasteiger partial charge in [-0.1, -0.05) is 42.5 Å². The van der Waals surface area contributed by atoms with Crippen LogP contribution in [0.1, 0.15) is 25.0 Å². The van der Waals surface area contributed by atoms with Crippen LogP contribution in [-0.2, 0) is 11.3 Å². The Morgan fingerprint density at radius 3 is 2.57 bits per heavy atom. The van der Waals surface area contributed by atoms with Crippen molar-refractivity contribution in [3.05, 3.63) is 71.8 Å². The first-order chi connectivity index (χ1) is 11.0. The van der Waals surface area contributed by atoms with E-state index >= 15 is 0 Å². The molecule has 0 bridgehead atoms. The van der Waals surface area contributed by atoms with Gasteiger partial charge in [0.2, 0.25) is 5.91 Å². The molecule has 1 amide bonds. The van der Waals surface area contributed by atoms with E-state index in [0.717, 1.165) is 16.9 Å². The van der Waals surface area contributed by atoms with E-state index in [1.54, 1.807) is 18.0 Å². The molecule has 0 spiro atoms. The standard InChI is InChI=1S/C20H23NO2/c1-16(2)23-19-11-7-10-17(14-19)12-13-20(22)21(3)15-18-8-5-4-6-9-18/h4-14,16H,15H2,1-3H3/b13-12+. The average Bonchev–Trinajstić information content (AvgIpc) is 2.53. The number of rotatable bonds is 6. The molecule has 0 atom stereocenters. The third-order valence-corrected chi connectivity index (χ3v) is 3.29. The summed E-state index contributed by atoms with van der Waals surface area (Å²) in [7, 11) is 1.80. The van der Waals surface area contributed by atoms with E-state index in [2.05, 4.69) is 0 Å². The monoisotopic (exact) mass is 309 g/mol. The van der Waals surface area contributed by atoms with Gasteiger partial charge in [-0.3, -0.25) is 4.79 Å². The maximum absolute atomic E-state index is 12.2. The largest absolute Gasteiger partial charge is 0.491 e. The molecular weight excluding hydrogens is 286 g/mol.